The van der Waals surface area contributed by atoms with Gasteiger partial charge in [-0.1, -0.05) is 63.3 Å². The first-order valence-electron chi connectivity index (χ1n) is 11.5. The van der Waals surface area contributed by atoms with Crippen LogP contribution in [0, 0.1) is 11.8 Å². The molecule has 2 atom stereocenters. The molecule has 0 spiro atoms. The minimum atomic E-state index is -0.956. The van der Waals surface area contributed by atoms with Crippen LogP contribution in [0.1, 0.15) is 77.2 Å². The van der Waals surface area contributed by atoms with Gasteiger partial charge in [0.25, 0.3) is 0 Å². The van der Waals surface area contributed by atoms with Crippen LogP contribution in [0.2, 0.25) is 0 Å². The summed E-state index contributed by atoms with van der Waals surface area (Å²) < 4.78 is 0. The number of carboxylic acids is 1. The van der Waals surface area contributed by atoms with Gasteiger partial charge in [-0.15, -0.1) is 0 Å². The van der Waals surface area contributed by atoms with Crippen LogP contribution in [-0.4, -0.2) is 28.6 Å². The van der Waals surface area contributed by atoms with E-state index in [-0.39, 0.29) is 11.8 Å². The summed E-state index contributed by atoms with van der Waals surface area (Å²) >= 11 is 0. The number of aliphatic carboxylic acids is 1. The number of benzene rings is 1. The number of anilines is 1. The second-order valence-electron chi connectivity index (χ2n) is 8.31. The Bertz CT molecular complexity index is 847. The Kier molecular flexibility index (Phi) is 10.6. The molecule has 0 radical (unpaired) electrons. The van der Waals surface area contributed by atoms with Crippen LogP contribution in [0.4, 0.5) is 5.69 Å². The maximum absolute atomic E-state index is 12.7. The third-order valence-electron chi connectivity index (χ3n) is 5.74. The van der Waals surface area contributed by atoms with E-state index < -0.39 is 17.8 Å². The van der Waals surface area contributed by atoms with Crippen molar-refractivity contribution in [2.75, 3.05) is 5.32 Å². The number of nitrogens with one attached hydrogen (secondary N) is 2. The number of nitrogens with zero attached hydrogens (tertiary/aromatic N) is 1. The second kappa shape index (κ2) is 13.5. The molecule has 0 saturated heterocycles. The average Bonchev–Trinajstić information content (AvgIpc) is 2.79. The fourth-order valence-corrected chi connectivity index (χ4v) is 3.77. The van der Waals surface area contributed by atoms with Crippen molar-refractivity contribution >= 4 is 29.2 Å². The molecule has 3 N–H and O–H groups in total. The van der Waals surface area contributed by atoms with E-state index in [0.717, 1.165) is 24.8 Å². The number of carbonyl (C=O) groups is 3. The summed E-state index contributed by atoms with van der Waals surface area (Å²) in [6.07, 6.45) is 11.6. The van der Waals surface area contributed by atoms with Gasteiger partial charge in [0.2, 0.25) is 11.8 Å². The minimum absolute atomic E-state index is 0.102. The van der Waals surface area contributed by atoms with Crippen LogP contribution < -0.4 is 10.7 Å². The van der Waals surface area contributed by atoms with Gasteiger partial charge in [0, 0.05) is 12.1 Å². The highest BCUT2D eigenvalue weighted by molar-refractivity contribution is 6.01. The molecule has 7 nitrogen and oxygen atoms in total. The van der Waals surface area contributed by atoms with Crippen LogP contribution in [0.25, 0.3) is 0 Å². The van der Waals surface area contributed by atoms with Crippen LogP contribution in [-0.2, 0) is 14.4 Å². The van der Waals surface area contributed by atoms with Gasteiger partial charge in [-0.25, -0.2) is 5.43 Å². The summed E-state index contributed by atoms with van der Waals surface area (Å²) in [7, 11) is 0. The molecule has 2 amide bonds. The number of amides is 2. The number of hydrogen-bond acceptors (Lipinski definition) is 4. The predicted octanol–water partition coefficient (Wildman–Crippen LogP) is 4.88. The lowest BCUT2D eigenvalue weighted by atomic mass is 9.82. The number of hydrogen-bond donors (Lipinski definition) is 3. The van der Waals surface area contributed by atoms with Crippen molar-refractivity contribution in [1.29, 1.82) is 0 Å². The summed E-state index contributed by atoms with van der Waals surface area (Å²) in [5, 5.41) is 16.4. The summed E-state index contributed by atoms with van der Waals surface area (Å²) in [6, 6.07) is 7.15. The van der Waals surface area contributed by atoms with Crippen LogP contribution in [0.5, 0.6) is 0 Å². The molecule has 1 aliphatic carbocycles. The van der Waals surface area contributed by atoms with Gasteiger partial charge in [0.05, 0.1) is 17.5 Å². The molecule has 0 bridgehead atoms. The number of unbranched alkanes of at least 4 members (excludes halogenated alkanes) is 5. The van der Waals surface area contributed by atoms with E-state index in [9.17, 15) is 19.5 Å². The highest BCUT2D eigenvalue weighted by Gasteiger charge is 2.33. The molecule has 174 valence electrons. The quantitative estimate of drug-likeness (QED) is 0.186. The van der Waals surface area contributed by atoms with Crippen LogP contribution in [0.3, 0.4) is 0 Å². The van der Waals surface area contributed by atoms with E-state index in [0.29, 0.717) is 30.7 Å². The van der Waals surface area contributed by atoms with Crippen molar-refractivity contribution in [3.8, 4) is 0 Å². The Hall–Kier alpha value is -2.96. The number of carboxylic acid groups (broad SMARTS) is 1. The first-order valence-corrected chi connectivity index (χ1v) is 11.5. The predicted molar refractivity (Wildman–Crippen MR) is 126 cm³/mol. The number of hydrazone groups is 1. The molecule has 1 aliphatic rings. The number of carbonyl (C=O) groups excluding carboxylic acids is 2. The molecule has 0 aliphatic heterocycles. The van der Waals surface area contributed by atoms with E-state index >= 15 is 0 Å². The largest absolute Gasteiger partial charge is 0.481 e. The zero-order valence-electron chi connectivity index (χ0n) is 19.1. The lowest BCUT2D eigenvalue weighted by molar-refractivity contribution is -0.146. The van der Waals surface area contributed by atoms with Gasteiger partial charge < -0.3 is 10.4 Å². The molecule has 0 saturated carbocycles. The molecule has 32 heavy (non-hydrogen) atoms. The van der Waals surface area contributed by atoms with E-state index in [1.165, 1.54) is 19.3 Å². The Morgan fingerprint density at radius 2 is 1.72 bits per heavy atom. The topological polar surface area (TPSA) is 108 Å². The first-order chi connectivity index (χ1) is 15.4. The van der Waals surface area contributed by atoms with Crippen molar-refractivity contribution < 1.29 is 19.5 Å². The van der Waals surface area contributed by atoms with Crippen LogP contribution in [0.15, 0.2) is 41.5 Å². The Labute approximate surface area is 190 Å². The molecule has 1 aromatic rings. The third kappa shape index (κ3) is 8.29. The van der Waals surface area contributed by atoms with E-state index in [4.69, 9.17) is 0 Å². The molecule has 0 fully saturated rings. The zero-order chi connectivity index (χ0) is 23.3. The summed E-state index contributed by atoms with van der Waals surface area (Å²) in [4.78, 5) is 36.1. The molecule has 2 rings (SSSR count). The fraction of sp³-hybridized carbons (Fsp3) is 0.520. The molecular formula is C25H35N3O4. The Balaban J connectivity index is 1.88. The summed E-state index contributed by atoms with van der Waals surface area (Å²) in [5.41, 5.74) is 4.56. The Morgan fingerprint density at radius 1 is 1.03 bits per heavy atom. The standard InChI is InChI=1S/C25H35N3O4/c1-3-4-5-6-7-8-16-23(29)28-27-18(2)19-12-11-13-20(17-19)26-24(30)21-14-9-10-15-22(21)25(31)32/h9-13,17,21-22H,3-8,14-16H2,1-2H3,(H,26,30)(H,28,29)(H,31,32)/b27-18-/t21-,22+/m0/s1. The average molecular weight is 442 g/mol. The number of allylic oxidation sites excluding steroid dienone is 2. The SMILES string of the molecule is CCCCCCCCC(=O)N/N=C(/C)c1cccc(NC(=O)[C@H]2CC=CC[C@H]2C(=O)O)c1. The van der Waals surface area contributed by atoms with E-state index in [1.54, 1.807) is 25.1 Å². The maximum atomic E-state index is 12.7. The lowest BCUT2D eigenvalue weighted by Crippen LogP contribution is -2.34. The molecule has 1 aromatic carbocycles. The van der Waals surface area contributed by atoms with Crippen molar-refractivity contribution in [3.05, 3.63) is 42.0 Å². The highest BCUT2D eigenvalue weighted by atomic mass is 16.4. The van der Waals surface area contributed by atoms with Gasteiger partial charge >= 0.3 is 5.97 Å². The normalized spacial score (nSPS) is 18.2. The van der Waals surface area contributed by atoms with Crippen molar-refractivity contribution in [1.82, 2.24) is 5.43 Å². The van der Waals surface area contributed by atoms with E-state index in [1.807, 2.05) is 18.2 Å². The third-order valence-corrected chi connectivity index (χ3v) is 5.74. The first kappa shape index (κ1) is 25.3. The molecular weight excluding hydrogens is 406 g/mol. The highest BCUT2D eigenvalue weighted by Crippen LogP contribution is 2.27. The molecule has 0 heterocycles. The van der Waals surface area contributed by atoms with Crippen molar-refractivity contribution in [2.45, 2.75) is 71.6 Å². The summed E-state index contributed by atoms with van der Waals surface area (Å²) in [6.45, 7) is 3.97. The molecule has 0 aromatic heterocycles. The smallest absolute Gasteiger partial charge is 0.307 e. The fourth-order valence-electron chi connectivity index (χ4n) is 3.77. The second-order valence-corrected chi connectivity index (χ2v) is 8.31. The molecule has 7 heteroatoms. The van der Waals surface area contributed by atoms with Crippen LogP contribution >= 0.6 is 0 Å². The maximum Gasteiger partial charge on any atom is 0.307 e. The van der Waals surface area contributed by atoms with Gasteiger partial charge in [0.1, 0.15) is 0 Å². The summed E-state index contributed by atoms with van der Waals surface area (Å²) in [5.74, 6) is -2.68. The van der Waals surface area contributed by atoms with Gasteiger partial charge in [-0.05, 0) is 43.9 Å². The van der Waals surface area contributed by atoms with Crippen molar-refractivity contribution in [2.24, 2.45) is 16.9 Å². The van der Waals surface area contributed by atoms with Crippen molar-refractivity contribution in [3.63, 3.8) is 0 Å². The van der Waals surface area contributed by atoms with E-state index in [2.05, 4.69) is 22.8 Å². The lowest BCUT2D eigenvalue weighted by Gasteiger charge is -2.24. The molecule has 0 unspecified atom stereocenters. The minimum Gasteiger partial charge on any atom is -0.481 e. The van der Waals surface area contributed by atoms with Gasteiger partial charge in [-0.3, -0.25) is 14.4 Å². The Morgan fingerprint density at radius 3 is 2.44 bits per heavy atom. The number of rotatable bonds is 12. The van der Waals surface area contributed by atoms with Gasteiger partial charge in [0.15, 0.2) is 0 Å². The zero-order valence-corrected chi connectivity index (χ0v) is 19.1. The van der Waals surface area contributed by atoms with Gasteiger partial charge in [-0.2, -0.15) is 5.10 Å². The monoisotopic (exact) mass is 441 g/mol.